The van der Waals surface area contributed by atoms with Gasteiger partial charge in [-0.05, 0) is 25.0 Å². The monoisotopic (exact) mass is 275 g/mol. The van der Waals surface area contributed by atoms with Crippen LogP contribution in [0.2, 0.25) is 0 Å². The highest BCUT2D eigenvalue weighted by atomic mass is 19.4. The smallest absolute Gasteiger partial charge is 0.360 e. The van der Waals surface area contributed by atoms with Crippen molar-refractivity contribution in [3.05, 3.63) is 30.1 Å². The fourth-order valence-corrected chi connectivity index (χ4v) is 1.95. The van der Waals surface area contributed by atoms with E-state index in [0.29, 0.717) is 19.3 Å². The number of hydrogen-bond acceptors (Lipinski definition) is 2. The molecule has 1 heterocycles. The largest absolute Gasteiger partial charge is 0.423 e. The molecule has 108 valence electrons. The summed E-state index contributed by atoms with van der Waals surface area (Å²) in [6.07, 6.45) is -1.52. The molecule has 0 fully saturated rings. The summed E-state index contributed by atoms with van der Waals surface area (Å²) in [6.45, 7) is 3.72. The lowest BCUT2D eigenvalue weighted by molar-refractivity contribution is -0.289. The highest BCUT2D eigenvalue weighted by Gasteiger charge is 2.57. The number of halogens is 3. The van der Waals surface area contributed by atoms with Gasteiger partial charge in [0.2, 0.25) is 5.60 Å². The van der Waals surface area contributed by atoms with Crippen LogP contribution in [0.1, 0.15) is 45.2 Å². The van der Waals surface area contributed by atoms with Gasteiger partial charge in [-0.3, -0.25) is 4.98 Å². The van der Waals surface area contributed by atoms with Crippen LogP contribution < -0.4 is 0 Å². The van der Waals surface area contributed by atoms with E-state index in [1.807, 2.05) is 6.92 Å². The Bertz CT molecular complexity index is 357. The summed E-state index contributed by atoms with van der Waals surface area (Å²) in [6, 6.07) is 4.55. The van der Waals surface area contributed by atoms with Crippen LogP contribution in [-0.4, -0.2) is 17.8 Å². The number of aromatic nitrogens is 1. The number of unbranched alkanes of at least 4 members (excludes halogenated alkanes) is 1. The van der Waals surface area contributed by atoms with Crippen molar-refractivity contribution in [2.45, 2.75) is 51.3 Å². The number of rotatable bonds is 7. The Kier molecular flexibility index (Phi) is 5.79. The van der Waals surface area contributed by atoms with Crippen LogP contribution in [0.4, 0.5) is 13.2 Å². The zero-order valence-electron chi connectivity index (χ0n) is 11.3. The second-order valence-corrected chi connectivity index (χ2v) is 4.49. The first kappa shape index (κ1) is 16.0. The average molecular weight is 275 g/mol. The molecule has 0 saturated carbocycles. The van der Waals surface area contributed by atoms with E-state index in [-0.39, 0.29) is 18.7 Å². The Labute approximate surface area is 112 Å². The average Bonchev–Trinajstić information content (AvgIpc) is 2.39. The summed E-state index contributed by atoms with van der Waals surface area (Å²) < 4.78 is 45.9. The maximum Gasteiger partial charge on any atom is 0.423 e. The summed E-state index contributed by atoms with van der Waals surface area (Å²) in [5, 5.41) is 0. The molecule has 5 heteroatoms. The second-order valence-electron chi connectivity index (χ2n) is 4.49. The van der Waals surface area contributed by atoms with Crippen molar-refractivity contribution in [2.75, 3.05) is 6.61 Å². The van der Waals surface area contributed by atoms with Crippen molar-refractivity contribution in [1.29, 1.82) is 0 Å². The highest BCUT2D eigenvalue weighted by molar-refractivity contribution is 5.16. The van der Waals surface area contributed by atoms with Crippen LogP contribution in [0, 0.1) is 0 Å². The maximum atomic E-state index is 13.5. The molecule has 0 bridgehead atoms. The zero-order chi connectivity index (χ0) is 14.4. The predicted molar refractivity (Wildman–Crippen MR) is 67.7 cm³/mol. The standard InChI is InChI=1S/C14H20F3NO/c1-3-5-9-13(14(15,16)17,19-11-4-2)12-8-6-7-10-18-12/h6-8,10H,3-5,9,11H2,1-2H3. The van der Waals surface area contributed by atoms with Crippen LogP contribution >= 0.6 is 0 Å². The van der Waals surface area contributed by atoms with E-state index in [9.17, 15) is 13.2 Å². The molecule has 0 saturated heterocycles. The second kappa shape index (κ2) is 6.89. The van der Waals surface area contributed by atoms with Crippen LogP contribution in [0.15, 0.2) is 24.4 Å². The van der Waals surface area contributed by atoms with Crippen LogP contribution in [0.5, 0.6) is 0 Å². The molecule has 0 aromatic carbocycles. The summed E-state index contributed by atoms with van der Waals surface area (Å²) in [7, 11) is 0. The van der Waals surface area contributed by atoms with Crippen LogP contribution in [-0.2, 0) is 10.3 Å². The Morgan fingerprint density at radius 1 is 1.16 bits per heavy atom. The molecule has 1 rings (SSSR count). The van der Waals surface area contributed by atoms with Gasteiger partial charge in [0.05, 0.1) is 5.69 Å². The fraction of sp³-hybridized carbons (Fsp3) is 0.643. The van der Waals surface area contributed by atoms with E-state index in [1.165, 1.54) is 12.3 Å². The molecule has 1 atom stereocenters. The lowest BCUT2D eigenvalue weighted by Crippen LogP contribution is -2.45. The lowest BCUT2D eigenvalue weighted by Gasteiger charge is -2.35. The van der Waals surface area contributed by atoms with E-state index < -0.39 is 11.8 Å². The van der Waals surface area contributed by atoms with E-state index in [1.54, 1.807) is 19.1 Å². The van der Waals surface area contributed by atoms with Gasteiger partial charge in [-0.15, -0.1) is 0 Å². The molecule has 2 nitrogen and oxygen atoms in total. The Hall–Kier alpha value is -1.10. The van der Waals surface area contributed by atoms with Gasteiger partial charge >= 0.3 is 6.18 Å². The minimum atomic E-state index is -4.47. The minimum Gasteiger partial charge on any atom is -0.360 e. The molecule has 19 heavy (non-hydrogen) atoms. The third-order valence-corrected chi connectivity index (χ3v) is 2.97. The number of hydrogen-bond donors (Lipinski definition) is 0. The molecule has 0 aliphatic carbocycles. The Morgan fingerprint density at radius 3 is 2.37 bits per heavy atom. The normalized spacial score (nSPS) is 15.2. The Morgan fingerprint density at radius 2 is 1.89 bits per heavy atom. The molecular weight excluding hydrogens is 255 g/mol. The molecule has 1 aromatic heterocycles. The first-order valence-corrected chi connectivity index (χ1v) is 6.60. The van der Waals surface area contributed by atoms with Gasteiger partial charge in [-0.25, -0.2) is 0 Å². The summed E-state index contributed by atoms with van der Waals surface area (Å²) in [5.41, 5.74) is -2.33. The summed E-state index contributed by atoms with van der Waals surface area (Å²) in [4.78, 5) is 3.88. The number of ether oxygens (including phenoxy) is 1. The van der Waals surface area contributed by atoms with Crippen molar-refractivity contribution in [3.63, 3.8) is 0 Å². The topological polar surface area (TPSA) is 22.1 Å². The molecule has 0 aliphatic heterocycles. The van der Waals surface area contributed by atoms with Gasteiger partial charge < -0.3 is 4.74 Å². The quantitative estimate of drug-likeness (QED) is 0.733. The zero-order valence-corrected chi connectivity index (χ0v) is 11.3. The molecule has 0 aliphatic rings. The molecule has 1 unspecified atom stereocenters. The Balaban J connectivity index is 3.18. The molecule has 0 spiro atoms. The number of nitrogens with zero attached hydrogens (tertiary/aromatic N) is 1. The van der Waals surface area contributed by atoms with Crippen LogP contribution in [0.25, 0.3) is 0 Å². The van der Waals surface area contributed by atoms with Crippen molar-refractivity contribution in [3.8, 4) is 0 Å². The highest BCUT2D eigenvalue weighted by Crippen LogP contribution is 2.45. The van der Waals surface area contributed by atoms with Gasteiger partial charge in [-0.2, -0.15) is 13.2 Å². The molecule has 0 N–H and O–H groups in total. The molecule has 0 amide bonds. The predicted octanol–water partition coefficient (Wildman–Crippen LogP) is 4.46. The number of pyridine rings is 1. The molecule has 1 aromatic rings. The van der Waals surface area contributed by atoms with Gasteiger partial charge in [-0.1, -0.05) is 32.8 Å². The van der Waals surface area contributed by atoms with Gasteiger partial charge in [0.15, 0.2) is 0 Å². The maximum absolute atomic E-state index is 13.5. The van der Waals surface area contributed by atoms with E-state index in [4.69, 9.17) is 4.74 Å². The van der Waals surface area contributed by atoms with Crippen LogP contribution in [0.3, 0.4) is 0 Å². The van der Waals surface area contributed by atoms with E-state index >= 15 is 0 Å². The number of alkyl halides is 3. The fourth-order valence-electron chi connectivity index (χ4n) is 1.95. The summed E-state index contributed by atoms with van der Waals surface area (Å²) >= 11 is 0. The van der Waals surface area contributed by atoms with E-state index in [0.717, 1.165) is 0 Å². The van der Waals surface area contributed by atoms with Gasteiger partial charge in [0.25, 0.3) is 0 Å². The molecular formula is C14H20F3NO. The SMILES string of the molecule is CCCCC(OCCC)(c1ccccn1)C(F)(F)F. The third kappa shape index (κ3) is 3.69. The van der Waals surface area contributed by atoms with Gasteiger partial charge in [0, 0.05) is 12.8 Å². The van der Waals surface area contributed by atoms with Crippen molar-refractivity contribution < 1.29 is 17.9 Å². The lowest BCUT2D eigenvalue weighted by atomic mass is 9.91. The van der Waals surface area contributed by atoms with Gasteiger partial charge in [0.1, 0.15) is 0 Å². The molecule has 0 radical (unpaired) electrons. The third-order valence-electron chi connectivity index (χ3n) is 2.97. The first-order valence-electron chi connectivity index (χ1n) is 6.60. The summed E-state index contributed by atoms with van der Waals surface area (Å²) in [5.74, 6) is 0. The minimum absolute atomic E-state index is 0.0515. The van der Waals surface area contributed by atoms with E-state index in [2.05, 4.69) is 4.98 Å². The van der Waals surface area contributed by atoms with Crippen molar-refractivity contribution >= 4 is 0 Å². The van der Waals surface area contributed by atoms with Crippen molar-refractivity contribution in [1.82, 2.24) is 4.98 Å². The first-order chi connectivity index (χ1) is 8.98. The van der Waals surface area contributed by atoms with Crippen molar-refractivity contribution in [2.24, 2.45) is 0 Å².